The largest absolute Gasteiger partial charge is 0.497 e. The number of ether oxygens (including phenoxy) is 1. The van der Waals surface area contributed by atoms with Crippen molar-refractivity contribution in [1.29, 1.82) is 0 Å². The van der Waals surface area contributed by atoms with Crippen LogP contribution in [0.25, 0.3) is 0 Å². The summed E-state index contributed by atoms with van der Waals surface area (Å²) in [5.41, 5.74) is 1.09. The topological polar surface area (TPSA) is 38.3 Å². The van der Waals surface area contributed by atoms with Crippen molar-refractivity contribution in [3.8, 4) is 5.75 Å². The second kappa shape index (κ2) is 6.16. The minimum absolute atomic E-state index is 0.0463. The maximum absolute atomic E-state index is 11.4. The van der Waals surface area contributed by atoms with Gasteiger partial charge in [-0.15, -0.1) is 0 Å². The first kappa shape index (κ1) is 12.6. The number of carbonyl (C=O) groups is 1. The molecule has 0 saturated carbocycles. The zero-order valence-corrected chi connectivity index (χ0v) is 10.1. The Balaban J connectivity index is 2.58. The zero-order chi connectivity index (χ0) is 12.0. The highest BCUT2D eigenvalue weighted by Gasteiger charge is 2.08. The molecule has 0 radical (unpaired) electrons. The minimum Gasteiger partial charge on any atom is -0.497 e. The number of hydrogen-bond acceptors (Lipinski definition) is 2. The predicted molar refractivity (Wildman–Crippen MR) is 64.5 cm³/mol. The van der Waals surface area contributed by atoms with E-state index in [0.29, 0.717) is 6.42 Å². The normalized spacial score (nSPS) is 11.9. The van der Waals surface area contributed by atoms with Gasteiger partial charge in [0.05, 0.1) is 13.2 Å². The van der Waals surface area contributed by atoms with Crippen molar-refractivity contribution in [3.63, 3.8) is 0 Å². The Morgan fingerprint density at radius 1 is 1.38 bits per heavy atom. The third kappa shape index (κ3) is 3.57. The van der Waals surface area contributed by atoms with Gasteiger partial charge in [0.2, 0.25) is 5.91 Å². The van der Waals surface area contributed by atoms with Gasteiger partial charge < -0.3 is 10.1 Å². The van der Waals surface area contributed by atoms with E-state index in [2.05, 4.69) is 5.32 Å². The Labute approximate surface area is 96.8 Å². The van der Waals surface area contributed by atoms with Gasteiger partial charge in [-0.05, 0) is 31.0 Å². The zero-order valence-electron chi connectivity index (χ0n) is 10.1. The Morgan fingerprint density at radius 2 is 2.00 bits per heavy atom. The smallest absolute Gasteiger partial charge is 0.220 e. The molecule has 0 aliphatic heterocycles. The predicted octanol–water partition coefficient (Wildman–Crippen LogP) is 2.67. The summed E-state index contributed by atoms with van der Waals surface area (Å²) in [5, 5.41) is 2.95. The van der Waals surface area contributed by atoms with E-state index in [0.717, 1.165) is 17.7 Å². The van der Waals surface area contributed by atoms with Crippen molar-refractivity contribution in [2.45, 2.75) is 32.7 Å². The number of carbonyl (C=O) groups excluding carboxylic acids is 1. The second-order valence-corrected chi connectivity index (χ2v) is 3.81. The molecule has 0 saturated heterocycles. The average Bonchev–Trinajstić information content (AvgIpc) is 2.29. The van der Waals surface area contributed by atoms with E-state index in [1.807, 2.05) is 38.1 Å². The van der Waals surface area contributed by atoms with Crippen LogP contribution in [0.1, 0.15) is 38.3 Å². The maximum Gasteiger partial charge on any atom is 0.220 e. The quantitative estimate of drug-likeness (QED) is 0.830. The van der Waals surface area contributed by atoms with Crippen LogP contribution in [-0.4, -0.2) is 13.0 Å². The molecule has 0 aromatic heterocycles. The number of methoxy groups -OCH3 is 1. The van der Waals surface area contributed by atoms with E-state index in [1.165, 1.54) is 0 Å². The van der Waals surface area contributed by atoms with Crippen LogP contribution in [0, 0.1) is 0 Å². The van der Waals surface area contributed by atoms with Gasteiger partial charge in [-0.2, -0.15) is 0 Å². The first-order chi connectivity index (χ1) is 7.67. The van der Waals surface area contributed by atoms with Gasteiger partial charge in [0.15, 0.2) is 0 Å². The van der Waals surface area contributed by atoms with E-state index in [1.54, 1.807) is 7.11 Å². The van der Waals surface area contributed by atoms with Crippen LogP contribution in [0.2, 0.25) is 0 Å². The molecule has 1 N–H and O–H groups in total. The number of amides is 1. The average molecular weight is 221 g/mol. The summed E-state index contributed by atoms with van der Waals surface area (Å²) in [6, 6.07) is 7.78. The van der Waals surface area contributed by atoms with Crippen molar-refractivity contribution in [1.82, 2.24) is 5.32 Å². The molecule has 1 rings (SSSR count). The molecule has 0 heterocycles. The Morgan fingerprint density at radius 3 is 2.50 bits per heavy atom. The van der Waals surface area contributed by atoms with Gasteiger partial charge in [0, 0.05) is 6.42 Å². The third-order valence-corrected chi connectivity index (χ3v) is 2.47. The van der Waals surface area contributed by atoms with Crippen LogP contribution in [0.5, 0.6) is 5.75 Å². The van der Waals surface area contributed by atoms with Crippen molar-refractivity contribution in [2.24, 2.45) is 0 Å². The lowest BCUT2D eigenvalue weighted by Gasteiger charge is -2.14. The van der Waals surface area contributed by atoms with Crippen LogP contribution in [0.4, 0.5) is 0 Å². The molecule has 1 atom stereocenters. The molecule has 3 nitrogen and oxygen atoms in total. The number of nitrogens with one attached hydrogen (secondary N) is 1. The Bertz CT molecular complexity index is 332. The van der Waals surface area contributed by atoms with Crippen LogP contribution in [0.3, 0.4) is 0 Å². The van der Waals surface area contributed by atoms with Gasteiger partial charge in [0.1, 0.15) is 5.75 Å². The molecule has 0 fully saturated rings. The molecular formula is C13H19NO2. The molecule has 1 aromatic rings. The summed E-state index contributed by atoms with van der Waals surface area (Å²) in [7, 11) is 1.64. The van der Waals surface area contributed by atoms with Gasteiger partial charge in [0.25, 0.3) is 0 Å². The number of rotatable bonds is 5. The first-order valence-electron chi connectivity index (χ1n) is 5.60. The summed E-state index contributed by atoms with van der Waals surface area (Å²) in [6.07, 6.45) is 1.46. The van der Waals surface area contributed by atoms with Crippen LogP contribution in [-0.2, 0) is 4.79 Å². The summed E-state index contributed by atoms with van der Waals surface area (Å²) < 4.78 is 5.08. The molecule has 0 spiro atoms. The second-order valence-electron chi connectivity index (χ2n) is 3.81. The summed E-state index contributed by atoms with van der Waals surface area (Å²) in [4.78, 5) is 11.4. The molecule has 88 valence electrons. The molecule has 1 aromatic carbocycles. The lowest BCUT2D eigenvalue weighted by atomic mass is 10.1. The Hall–Kier alpha value is -1.51. The number of benzene rings is 1. The van der Waals surface area contributed by atoms with Crippen LogP contribution in [0.15, 0.2) is 24.3 Å². The van der Waals surface area contributed by atoms with Crippen molar-refractivity contribution in [2.75, 3.05) is 7.11 Å². The van der Waals surface area contributed by atoms with Crippen molar-refractivity contribution >= 4 is 5.91 Å². The van der Waals surface area contributed by atoms with E-state index in [9.17, 15) is 4.79 Å². The lowest BCUT2D eigenvalue weighted by molar-refractivity contribution is -0.121. The van der Waals surface area contributed by atoms with Gasteiger partial charge in [-0.1, -0.05) is 19.1 Å². The van der Waals surface area contributed by atoms with Gasteiger partial charge in [-0.3, -0.25) is 4.79 Å². The summed E-state index contributed by atoms with van der Waals surface area (Å²) in [5.74, 6) is 0.932. The molecule has 1 amide bonds. The summed E-state index contributed by atoms with van der Waals surface area (Å²) in [6.45, 7) is 3.98. The molecule has 0 unspecified atom stereocenters. The fraction of sp³-hybridized carbons (Fsp3) is 0.462. The fourth-order valence-electron chi connectivity index (χ4n) is 1.52. The third-order valence-electron chi connectivity index (χ3n) is 2.47. The van der Waals surface area contributed by atoms with E-state index in [-0.39, 0.29) is 11.9 Å². The molecule has 3 heteroatoms. The Kier molecular flexibility index (Phi) is 4.83. The summed E-state index contributed by atoms with van der Waals surface area (Å²) >= 11 is 0. The molecule has 0 bridgehead atoms. The first-order valence-corrected chi connectivity index (χ1v) is 5.60. The molecule has 0 aliphatic carbocycles. The SMILES string of the molecule is CCCC(=O)N[C@H](C)c1ccc(OC)cc1. The highest BCUT2D eigenvalue weighted by atomic mass is 16.5. The molecule has 0 aliphatic rings. The van der Waals surface area contributed by atoms with Gasteiger partial charge in [-0.25, -0.2) is 0 Å². The highest BCUT2D eigenvalue weighted by Crippen LogP contribution is 2.17. The number of hydrogen-bond donors (Lipinski definition) is 1. The fourth-order valence-corrected chi connectivity index (χ4v) is 1.52. The van der Waals surface area contributed by atoms with E-state index in [4.69, 9.17) is 4.74 Å². The molecule has 16 heavy (non-hydrogen) atoms. The van der Waals surface area contributed by atoms with E-state index < -0.39 is 0 Å². The minimum atomic E-state index is 0.0463. The van der Waals surface area contributed by atoms with Crippen LogP contribution < -0.4 is 10.1 Å². The van der Waals surface area contributed by atoms with Gasteiger partial charge >= 0.3 is 0 Å². The maximum atomic E-state index is 11.4. The monoisotopic (exact) mass is 221 g/mol. The van der Waals surface area contributed by atoms with Crippen LogP contribution >= 0.6 is 0 Å². The van der Waals surface area contributed by atoms with Crippen molar-refractivity contribution < 1.29 is 9.53 Å². The molecular weight excluding hydrogens is 202 g/mol. The highest BCUT2D eigenvalue weighted by molar-refractivity contribution is 5.76. The lowest BCUT2D eigenvalue weighted by Crippen LogP contribution is -2.26. The van der Waals surface area contributed by atoms with Crippen molar-refractivity contribution in [3.05, 3.63) is 29.8 Å². The standard InChI is InChI=1S/C13H19NO2/c1-4-5-13(15)14-10(2)11-6-8-12(16-3)9-7-11/h6-10H,4-5H2,1-3H3,(H,14,15)/t10-/m1/s1. The van der Waals surface area contributed by atoms with E-state index >= 15 is 0 Å².